The largest absolute Gasteiger partial charge is 0.459 e. The third-order valence-electron chi connectivity index (χ3n) is 2.55. The molecule has 0 amide bonds. The summed E-state index contributed by atoms with van der Waals surface area (Å²) in [7, 11) is -4.07. The van der Waals surface area contributed by atoms with Crippen molar-refractivity contribution in [2.45, 2.75) is 37.7 Å². The number of hydrogen-bond acceptors (Lipinski definition) is 4. The Balaban J connectivity index is 3.16. The Morgan fingerprint density at radius 1 is 1.50 bits per heavy atom. The topological polar surface area (TPSA) is 86.5 Å². The van der Waals surface area contributed by atoms with Gasteiger partial charge in [0, 0.05) is 4.47 Å². The zero-order chi connectivity index (χ0) is 15.5. The number of nitrogens with two attached hydrogens (primary N) is 1. The first-order valence-corrected chi connectivity index (χ1v) is 8.23. The van der Waals surface area contributed by atoms with Gasteiger partial charge in [0.05, 0.1) is 16.6 Å². The second kappa shape index (κ2) is 6.64. The number of carbonyl (C=O) groups is 1. The zero-order valence-electron chi connectivity index (χ0n) is 11.0. The summed E-state index contributed by atoms with van der Waals surface area (Å²) in [6.45, 7) is 3.60. The van der Waals surface area contributed by atoms with Crippen molar-refractivity contribution in [3.63, 3.8) is 0 Å². The molecule has 1 rings (SSSR count). The zero-order valence-corrected chi connectivity index (χ0v) is 13.4. The molecule has 1 aromatic rings. The minimum absolute atomic E-state index is 0.0457. The molecule has 2 N–H and O–H groups in total. The maximum atomic E-state index is 13.7. The second-order valence-corrected chi connectivity index (χ2v) is 6.70. The summed E-state index contributed by atoms with van der Waals surface area (Å²) in [4.78, 5) is 11.5. The van der Waals surface area contributed by atoms with E-state index in [0.29, 0.717) is 6.42 Å². The predicted molar refractivity (Wildman–Crippen MR) is 75.3 cm³/mol. The monoisotopic (exact) mass is 367 g/mol. The Bertz CT molecular complexity index is 618. The molecule has 0 fully saturated rings. The second-order valence-electron chi connectivity index (χ2n) is 4.31. The summed E-state index contributed by atoms with van der Waals surface area (Å²) >= 11 is 2.89. The predicted octanol–water partition coefficient (Wildman–Crippen LogP) is 2.58. The molecule has 0 aliphatic carbocycles. The van der Waals surface area contributed by atoms with Crippen LogP contribution in [-0.4, -0.2) is 20.5 Å². The fourth-order valence-electron chi connectivity index (χ4n) is 1.62. The molecular weight excluding hydrogens is 353 g/mol. The third-order valence-corrected chi connectivity index (χ3v) is 4.42. The minimum atomic E-state index is -4.07. The van der Waals surface area contributed by atoms with Gasteiger partial charge in [0.15, 0.2) is 0 Å². The van der Waals surface area contributed by atoms with Crippen LogP contribution >= 0.6 is 15.9 Å². The molecule has 1 atom stereocenters. The van der Waals surface area contributed by atoms with Crippen LogP contribution in [0.25, 0.3) is 0 Å². The standard InChI is InChI=1S/C12H15BrFNO4S/c1-3-4-7(2)19-12(16)8-5-11(20(15,17)18)9(13)6-10(8)14/h5-7H,3-4H2,1-2H3,(H2,15,17,18). The van der Waals surface area contributed by atoms with Gasteiger partial charge in [0.1, 0.15) is 5.82 Å². The van der Waals surface area contributed by atoms with Gasteiger partial charge in [0.25, 0.3) is 0 Å². The van der Waals surface area contributed by atoms with Crippen LogP contribution in [0.2, 0.25) is 0 Å². The van der Waals surface area contributed by atoms with Crippen LogP contribution in [0.4, 0.5) is 4.39 Å². The lowest BCUT2D eigenvalue weighted by atomic mass is 10.2. The molecule has 1 aromatic carbocycles. The molecule has 20 heavy (non-hydrogen) atoms. The summed E-state index contributed by atoms with van der Waals surface area (Å²) in [6.07, 6.45) is 1.06. The number of carbonyl (C=O) groups excluding carboxylic acids is 1. The number of halogens is 2. The van der Waals surface area contributed by atoms with Gasteiger partial charge in [-0.3, -0.25) is 0 Å². The molecule has 5 nitrogen and oxygen atoms in total. The Labute approximate surface area is 125 Å². The highest BCUT2D eigenvalue weighted by molar-refractivity contribution is 9.10. The van der Waals surface area contributed by atoms with Crippen LogP contribution in [0.1, 0.15) is 37.0 Å². The molecule has 0 saturated carbocycles. The number of esters is 1. The Morgan fingerprint density at radius 3 is 2.60 bits per heavy atom. The number of primary sulfonamides is 1. The van der Waals surface area contributed by atoms with E-state index >= 15 is 0 Å². The maximum absolute atomic E-state index is 13.7. The molecule has 0 bridgehead atoms. The van der Waals surface area contributed by atoms with Crippen LogP contribution in [0.5, 0.6) is 0 Å². The Kier molecular flexibility index (Phi) is 5.67. The van der Waals surface area contributed by atoms with Gasteiger partial charge in [-0.15, -0.1) is 0 Å². The minimum Gasteiger partial charge on any atom is -0.459 e. The highest BCUT2D eigenvalue weighted by Gasteiger charge is 2.22. The van der Waals surface area contributed by atoms with E-state index in [0.717, 1.165) is 18.6 Å². The van der Waals surface area contributed by atoms with E-state index in [2.05, 4.69) is 15.9 Å². The maximum Gasteiger partial charge on any atom is 0.341 e. The summed E-state index contributed by atoms with van der Waals surface area (Å²) in [5.74, 6) is -1.79. The van der Waals surface area contributed by atoms with Gasteiger partial charge in [-0.2, -0.15) is 0 Å². The van der Waals surface area contributed by atoms with Crippen molar-refractivity contribution in [1.82, 2.24) is 0 Å². The highest BCUT2D eigenvalue weighted by Crippen LogP contribution is 2.25. The molecule has 8 heteroatoms. The fraction of sp³-hybridized carbons (Fsp3) is 0.417. The lowest BCUT2D eigenvalue weighted by Crippen LogP contribution is -2.18. The van der Waals surface area contributed by atoms with Crippen LogP contribution in [-0.2, 0) is 14.8 Å². The molecule has 1 unspecified atom stereocenters. The van der Waals surface area contributed by atoms with Gasteiger partial charge in [0.2, 0.25) is 10.0 Å². The number of benzene rings is 1. The number of hydrogen-bond donors (Lipinski definition) is 1. The van der Waals surface area contributed by atoms with Gasteiger partial charge in [-0.05, 0) is 41.4 Å². The molecule has 0 saturated heterocycles. The van der Waals surface area contributed by atoms with E-state index < -0.39 is 27.4 Å². The van der Waals surface area contributed by atoms with E-state index in [-0.39, 0.29) is 15.5 Å². The van der Waals surface area contributed by atoms with Gasteiger partial charge in [-0.25, -0.2) is 22.7 Å². The molecule has 0 radical (unpaired) electrons. The average molecular weight is 368 g/mol. The highest BCUT2D eigenvalue weighted by atomic mass is 79.9. The molecule has 0 aliphatic heterocycles. The van der Waals surface area contributed by atoms with Crippen molar-refractivity contribution in [2.75, 3.05) is 0 Å². The molecule has 0 spiro atoms. The lowest BCUT2D eigenvalue weighted by molar-refractivity contribution is 0.0318. The molecule has 112 valence electrons. The summed E-state index contributed by atoms with van der Waals surface area (Å²) in [5.41, 5.74) is -0.458. The molecular formula is C12H15BrFNO4S. The Morgan fingerprint density at radius 2 is 2.10 bits per heavy atom. The van der Waals surface area contributed by atoms with Crippen molar-refractivity contribution in [2.24, 2.45) is 5.14 Å². The van der Waals surface area contributed by atoms with Crippen LogP contribution < -0.4 is 5.14 Å². The first-order chi connectivity index (χ1) is 9.16. The lowest BCUT2D eigenvalue weighted by Gasteiger charge is -2.13. The van der Waals surface area contributed by atoms with Crippen LogP contribution in [0.15, 0.2) is 21.5 Å². The van der Waals surface area contributed by atoms with E-state index in [1.54, 1.807) is 6.92 Å². The van der Waals surface area contributed by atoms with Crippen molar-refractivity contribution >= 4 is 31.9 Å². The van der Waals surface area contributed by atoms with E-state index in [9.17, 15) is 17.6 Å². The summed E-state index contributed by atoms with van der Waals surface area (Å²) in [5, 5.41) is 4.99. The molecule has 0 aliphatic rings. The first kappa shape index (κ1) is 17.1. The van der Waals surface area contributed by atoms with Gasteiger partial charge >= 0.3 is 5.97 Å². The van der Waals surface area contributed by atoms with E-state index in [1.807, 2.05) is 6.92 Å². The summed E-state index contributed by atoms with van der Waals surface area (Å²) < 4.78 is 41.4. The smallest absolute Gasteiger partial charge is 0.341 e. The van der Waals surface area contributed by atoms with Crippen molar-refractivity contribution in [3.8, 4) is 0 Å². The number of rotatable bonds is 5. The average Bonchev–Trinajstić information content (AvgIpc) is 2.26. The summed E-state index contributed by atoms with van der Waals surface area (Å²) in [6, 6.07) is 1.75. The van der Waals surface area contributed by atoms with Gasteiger partial charge in [-0.1, -0.05) is 13.3 Å². The third kappa shape index (κ3) is 4.26. The van der Waals surface area contributed by atoms with Crippen LogP contribution in [0, 0.1) is 5.82 Å². The van der Waals surface area contributed by atoms with Crippen LogP contribution in [0.3, 0.4) is 0 Å². The molecule has 0 heterocycles. The number of ether oxygens (including phenoxy) is 1. The number of sulfonamides is 1. The van der Waals surface area contributed by atoms with Crippen molar-refractivity contribution in [1.29, 1.82) is 0 Å². The van der Waals surface area contributed by atoms with Gasteiger partial charge < -0.3 is 4.74 Å². The fourth-order valence-corrected chi connectivity index (χ4v) is 3.22. The van der Waals surface area contributed by atoms with Crippen molar-refractivity contribution < 1.29 is 22.3 Å². The SMILES string of the molecule is CCCC(C)OC(=O)c1cc(S(N)(=O)=O)c(Br)cc1F. The quantitative estimate of drug-likeness (QED) is 0.810. The molecule has 0 aromatic heterocycles. The van der Waals surface area contributed by atoms with E-state index in [1.165, 1.54) is 0 Å². The first-order valence-electron chi connectivity index (χ1n) is 5.89. The van der Waals surface area contributed by atoms with E-state index in [4.69, 9.17) is 9.88 Å². The normalized spacial score (nSPS) is 13.1. The Hall–Kier alpha value is -0.990. The van der Waals surface area contributed by atoms with Crippen molar-refractivity contribution in [3.05, 3.63) is 28.0 Å².